The van der Waals surface area contributed by atoms with Crippen LogP contribution >= 0.6 is 11.6 Å². The van der Waals surface area contributed by atoms with Crippen molar-refractivity contribution >= 4 is 27.3 Å². The first kappa shape index (κ1) is 14.7. The van der Waals surface area contributed by atoms with E-state index < -0.39 is 10.0 Å². The van der Waals surface area contributed by atoms with E-state index in [-0.39, 0.29) is 4.90 Å². The Morgan fingerprint density at radius 3 is 2.50 bits per heavy atom. The summed E-state index contributed by atoms with van der Waals surface area (Å²) >= 11 is 5.83. The highest BCUT2D eigenvalue weighted by molar-refractivity contribution is 7.92. The average molecular weight is 312 g/mol. The molecule has 0 aliphatic carbocycles. The van der Waals surface area contributed by atoms with Crippen LogP contribution in [0.2, 0.25) is 5.02 Å². The van der Waals surface area contributed by atoms with Gasteiger partial charge < -0.3 is 4.74 Å². The van der Waals surface area contributed by atoms with Crippen molar-refractivity contribution in [1.29, 1.82) is 0 Å². The Labute approximate surface area is 123 Å². The number of anilines is 1. The van der Waals surface area contributed by atoms with Gasteiger partial charge in [0.05, 0.1) is 17.7 Å². The van der Waals surface area contributed by atoms with Gasteiger partial charge in [0.1, 0.15) is 5.75 Å². The largest absolute Gasteiger partial charge is 0.496 e. The fraction of sp³-hybridized carbons (Fsp3) is 0.143. The van der Waals surface area contributed by atoms with Crippen LogP contribution in [0.4, 0.5) is 5.69 Å². The normalized spacial score (nSPS) is 11.2. The molecule has 0 saturated carbocycles. The minimum Gasteiger partial charge on any atom is -0.496 e. The zero-order chi connectivity index (χ0) is 14.8. The number of ether oxygens (including phenoxy) is 1. The lowest BCUT2D eigenvalue weighted by molar-refractivity contribution is 0.411. The molecule has 0 aliphatic rings. The summed E-state index contributed by atoms with van der Waals surface area (Å²) in [7, 11) is -2.10. The number of hydrogen-bond donors (Lipinski definition) is 1. The van der Waals surface area contributed by atoms with E-state index in [1.807, 2.05) is 0 Å². The SMILES string of the molecule is COc1ccc(S(=O)(=O)Nc2cccc(Cl)c2)cc1C. The van der Waals surface area contributed by atoms with E-state index in [4.69, 9.17) is 16.3 Å². The minimum absolute atomic E-state index is 0.177. The van der Waals surface area contributed by atoms with Crippen molar-refractivity contribution in [3.8, 4) is 5.75 Å². The number of methoxy groups -OCH3 is 1. The van der Waals surface area contributed by atoms with Gasteiger partial charge in [-0.25, -0.2) is 8.42 Å². The number of halogens is 1. The number of aryl methyl sites for hydroxylation is 1. The molecule has 0 radical (unpaired) electrons. The first-order chi connectivity index (χ1) is 9.42. The highest BCUT2D eigenvalue weighted by Crippen LogP contribution is 2.24. The molecular weight excluding hydrogens is 298 g/mol. The molecule has 0 aromatic heterocycles. The van der Waals surface area contributed by atoms with E-state index in [2.05, 4.69) is 4.72 Å². The molecule has 4 nitrogen and oxygen atoms in total. The maximum atomic E-state index is 12.3. The molecule has 2 rings (SSSR count). The fourth-order valence-electron chi connectivity index (χ4n) is 1.78. The van der Waals surface area contributed by atoms with E-state index in [1.165, 1.54) is 6.07 Å². The number of benzene rings is 2. The fourth-order valence-corrected chi connectivity index (χ4v) is 3.11. The minimum atomic E-state index is -3.64. The predicted molar refractivity (Wildman–Crippen MR) is 80.0 cm³/mol. The van der Waals surface area contributed by atoms with Crippen molar-refractivity contribution in [2.45, 2.75) is 11.8 Å². The van der Waals surface area contributed by atoms with Gasteiger partial charge in [-0.3, -0.25) is 4.72 Å². The Hall–Kier alpha value is -1.72. The third kappa shape index (κ3) is 3.23. The van der Waals surface area contributed by atoms with Crippen molar-refractivity contribution in [1.82, 2.24) is 0 Å². The van der Waals surface area contributed by atoms with Crippen LogP contribution in [0.1, 0.15) is 5.56 Å². The van der Waals surface area contributed by atoms with E-state index in [0.29, 0.717) is 16.5 Å². The number of nitrogens with one attached hydrogen (secondary N) is 1. The highest BCUT2D eigenvalue weighted by Gasteiger charge is 2.15. The van der Waals surface area contributed by atoms with Gasteiger partial charge in [0.25, 0.3) is 10.0 Å². The van der Waals surface area contributed by atoms with Gasteiger partial charge in [0, 0.05) is 5.02 Å². The standard InChI is InChI=1S/C14H14ClNO3S/c1-10-8-13(6-7-14(10)19-2)20(17,18)16-12-5-3-4-11(15)9-12/h3-9,16H,1-2H3. The van der Waals surface area contributed by atoms with Crippen LogP contribution in [0.3, 0.4) is 0 Å². The molecule has 20 heavy (non-hydrogen) atoms. The Morgan fingerprint density at radius 2 is 1.90 bits per heavy atom. The molecule has 106 valence electrons. The molecule has 0 heterocycles. The summed E-state index contributed by atoms with van der Waals surface area (Å²) in [5.41, 5.74) is 1.17. The van der Waals surface area contributed by atoms with Crippen LogP contribution in [-0.2, 0) is 10.0 Å². The second-order valence-electron chi connectivity index (χ2n) is 4.25. The van der Waals surface area contributed by atoms with Crippen LogP contribution in [0, 0.1) is 6.92 Å². The lowest BCUT2D eigenvalue weighted by atomic mass is 10.2. The first-order valence-corrected chi connectivity index (χ1v) is 7.71. The Morgan fingerprint density at radius 1 is 1.15 bits per heavy atom. The van der Waals surface area contributed by atoms with Crippen molar-refractivity contribution < 1.29 is 13.2 Å². The number of hydrogen-bond acceptors (Lipinski definition) is 3. The van der Waals surface area contributed by atoms with E-state index in [1.54, 1.807) is 50.4 Å². The van der Waals surface area contributed by atoms with Crippen LogP contribution in [0.15, 0.2) is 47.4 Å². The molecule has 0 unspecified atom stereocenters. The van der Waals surface area contributed by atoms with Gasteiger partial charge >= 0.3 is 0 Å². The van der Waals surface area contributed by atoms with Gasteiger partial charge in [-0.15, -0.1) is 0 Å². The number of sulfonamides is 1. The molecule has 0 atom stereocenters. The van der Waals surface area contributed by atoms with Crippen LogP contribution in [0.5, 0.6) is 5.75 Å². The smallest absolute Gasteiger partial charge is 0.261 e. The van der Waals surface area contributed by atoms with E-state index in [0.717, 1.165) is 5.56 Å². The van der Waals surface area contributed by atoms with Gasteiger partial charge in [0.15, 0.2) is 0 Å². The predicted octanol–water partition coefficient (Wildman–Crippen LogP) is 3.46. The molecule has 2 aromatic rings. The third-order valence-corrected chi connectivity index (χ3v) is 4.37. The van der Waals surface area contributed by atoms with Gasteiger partial charge in [-0.2, -0.15) is 0 Å². The van der Waals surface area contributed by atoms with Gasteiger partial charge in [-0.05, 0) is 48.9 Å². The summed E-state index contributed by atoms with van der Waals surface area (Å²) in [6.07, 6.45) is 0. The zero-order valence-electron chi connectivity index (χ0n) is 11.1. The maximum Gasteiger partial charge on any atom is 0.261 e. The Kier molecular flexibility index (Phi) is 4.20. The molecule has 6 heteroatoms. The lowest BCUT2D eigenvalue weighted by Crippen LogP contribution is -2.13. The molecular formula is C14H14ClNO3S. The molecule has 0 aliphatic heterocycles. The van der Waals surface area contributed by atoms with Crippen LogP contribution in [0.25, 0.3) is 0 Å². The summed E-state index contributed by atoms with van der Waals surface area (Å²) in [4.78, 5) is 0.177. The molecule has 0 amide bonds. The molecule has 0 bridgehead atoms. The summed E-state index contributed by atoms with van der Waals surface area (Å²) in [6, 6.07) is 11.2. The zero-order valence-corrected chi connectivity index (χ0v) is 12.6. The molecule has 2 aromatic carbocycles. The van der Waals surface area contributed by atoms with Gasteiger partial charge in [-0.1, -0.05) is 17.7 Å². The first-order valence-electron chi connectivity index (χ1n) is 5.85. The molecule has 0 saturated heterocycles. The molecule has 0 spiro atoms. The van der Waals surface area contributed by atoms with E-state index >= 15 is 0 Å². The Bertz CT molecular complexity index is 729. The summed E-state index contributed by atoms with van der Waals surface area (Å²) < 4.78 is 32.1. The maximum absolute atomic E-state index is 12.3. The average Bonchev–Trinajstić information content (AvgIpc) is 2.38. The second-order valence-corrected chi connectivity index (χ2v) is 6.37. The summed E-state index contributed by atoms with van der Waals surface area (Å²) in [6.45, 7) is 1.79. The third-order valence-electron chi connectivity index (χ3n) is 2.75. The monoisotopic (exact) mass is 311 g/mol. The topological polar surface area (TPSA) is 55.4 Å². The van der Waals surface area contributed by atoms with E-state index in [9.17, 15) is 8.42 Å². The lowest BCUT2D eigenvalue weighted by Gasteiger charge is -2.10. The van der Waals surface area contributed by atoms with Crippen LogP contribution in [-0.4, -0.2) is 15.5 Å². The molecule has 1 N–H and O–H groups in total. The quantitative estimate of drug-likeness (QED) is 0.940. The van der Waals surface area contributed by atoms with Crippen molar-refractivity contribution in [2.24, 2.45) is 0 Å². The summed E-state index contributed by atoms with van der Waals surface area (Å²) in [5, 5.41) is 0.469. The van der Waals surface area contributed by atoms with Crippen molar-refractivity contribution in [2.75, 3.05) is 11.8 Å². The highest BCUT2D eigenvalue weighted by atomic mass is 35.5. The second kappa shape index (κ2) is 5.73. The Balaban J connectivity index is 2.33. The molecule has 0 fully saturated rings. The van der Waals surface area contributed by atoms with Crippen LogP contribution < -0.4 is 9.46 Å². The van der Waals surface area contributed by atoms with Crippen molar-refractivity contribution in [3.05, 3.63) is 53.1 Å². The van der Waals surface area contributed by atoms with Crippen molar-refractivity contribution in [3.63, 3.8) is 0 Å². The number of rotatable bonds is 4. The summed E-state index contributed by atoms with van der Waals surface area (Å²) in [5.74, 6) is 0.645. The van der Waals surface area contributed by atoms with Gasteiger partial charge in [0.2, 0.25) is 0 Å².